The molecule has 1 N–H and O–H groups in total. The van der Waals surface area contributed by atoms with E-state index in [1.54, 1.807) is 0 Å². The fourth-order valence-electron chi connectivity index (χ4n) is 3.54. The van der Waals surface area contributed by atoms with Crippen LogP contribution in [0.15, 0.2) is 36.4 Å². The Morgan fingerprint density at radius 3 is 2.41 bits per heavy atom. The highest BCUT2D eigenvalue weighted by Gasteiger charge is 2.23. The van der Waals surface area contributed by atoms with Crippen LogP contribution in [0.3, 0.4) is 0 Å². The van der Waals surface area contributed by atoms with Crippen LogP contribution in [0.5, 0.6) is 17.2 Å². The molecule has 0 aromatic heterocycles. The summed E-state index contributed by atoms with van der Waals surface area (Å²) < 4.78 is 20.9. The van der Waals surface area contributed by atoms with Crippen LogP contribution in [-0.4, -0.2) is 39.8 Å². The van der Waals surface area contributed by atoms with Crippen LogP contribution in [0.1, 0.15) is 40.4 Å². The van der Waals surface area contributed by atoms with E-state index in [-0.39, 0.29) is 29.9 Å². The van der Waals surface area contributed by atoms with Crippen molar-refractivity contribution in [2.45, 2.75) is 25.3 Å². The van der Waals surface area contributed by atoms with E-state index in [0.29, 0.717) is 11.5 Å². The maximum absolute atomic E-state index is 12.5. The predicted octanol–water partition coefficient (Wildman–Crippen LogP) is 3.06. The van der Waals surface area contributed by atoms with Crippen molar-refractivity contribution in [3.63, 3.8) is 0 Å². The van der Waals surface area contributed by atoms with Crippen LogP contribution >= 0.6 is 0 Å². The molecule has 0 bridgehead atoms. The van der Waals surface area contributed by atoms with Crippen molar-refractivity contribution in [3.05, 3.63) is 53.1 Å². The maximum Gasteiger partial charge on any atom is 0.342 e. The van der Waals surface area contributed by atoms with Gasteiger partial charge in [0.15, 0.2) is 18.1 Å². The van der Waals surface area contributed by atoms with Crippen LogP contribution in [-0.2, 0) is 16.0 Å². The first-order valence-corrected chi connectivity index (χ1v) is 9.41. The number of rotatable bonds is 7. The van der Waals surface area contributed by atoms with E-state index in [9.17, 15) is 9.59 Å². The first-order valence-electron chi connectivity index (χ1n) is 9.41. The van der Waals surface area contributed by atoms with Crippen molar-refractivity contribution in [2.75, 3.05) is 27.9 Å². The molecule has 1 amide bonds. The molecule has 7 nitrogen and oxygen atoms in total. The summed E-state index contributed by atoms with van der Waals surface area (Å²) in [5.74, 6) is 0.0360. The first-order chi connectivity index (χ1) is 14.1. The lowest BCUT2D eigenvalue weighted by atomic mass is 9.88. The van der Waals surface area contributed by atoms with Gasteiger partial charge in [0.25, 0.3) is 5.91 Å². The van der Waals surface area contributed by atoms with Crippen molar-refractivity contribution in [3.8, 4) is 17.2 Å². The molecular formula is C22H25NO6. The van der Waals surface area contributed by atoms with Crippen LogP contribution in [0.4, 0.5) is 0 Å². The molecule has 1 aliphatic rings. The average Bonchev–Trinajstić information content (AvgIpc) is 2.76. The summed E-state index contributed by atoms with van der Waals surface area (Å²) in [6.45, 7) is -0.380. The Bertz CT molecular complexity index is 895. The van der Waals surface area contributed by atoms with Crippen LogP contribution in [0.2, 0.25) is 0 Å². The fraction of sp³-hybridized carbons (Fsp3) is 0.364. The normalized spacial score (nSPS) is 15.1. The second-order valence-electron chi connectivity index (χ2n) is 6.69. The molecule has 3 rings (SSSR count). The molecule has 2 aromatic rings. The summed E-state index contributed by atoms with van der Waals surface area (Å²) >= 11 is 0. The van der Waals surface area contributed by atoms with Gasteiger partial charge in [0.2, 0.25) is 0 Å². The molecule has 1 atom stereocenters. The van der Waals surface area contributed by atoms with Gasteiger partial charge in [-0.3, -0.25) is 4.79 Å². The largest absolute Gasteiger partial charge is 0.496 e. The smallest absolute Gasteiger partial charge is 0.342 e. The number of methoxy groups -OCH3 is 3. The summed E-state index contributed by atoms with van der Waals surface area (Å²) in [5, 5.41) is 2.96. The molecule has 2 aromatic carbocycles. The molecule has 0 saturated carbocycles. The van der Waals surface area contributed by atoms with Crippen molar-refractivity contribution >= 4 is 11.9 Å². The van der Waals surface area contributed by atoms with Crippen molar-refractivity contribution in [1.82, 2.24) is 5.32 Å². The standard InChI is InChI=1S/C22H25NO6/c1-26-18-12-20(28-3)19(27-2)11-16(18)22(25)29-13-21(24)23-17-10-6-8-14-7-4-5-9-15(14)17/h4-5,7,9,11-12,17H,6,8,10,13H2,1-3H3,(H,23,24)/t17-/m1/s1. The summed E-state index contributed by atoms with van der Waals surface area (Å²) in [5.41, 5.74) is 2.53. The summed E-state index contributed by atoms with van der Waals surface area (Å²) in [6, 6.07) is 11.0. The average molecular weight is 399 g/mol. The van der Waals surface area contributed by atoms with E-state index < -0.39 is 5.97 Å². The number of amides is 1. The second-order valence-corrected chi connectivity index (χ2v) is 6.69. The summed E-state index contributed by atoms with van der Waals surface area (Å²) in [6.07, 6.45) is 2.88. The van der Waals surface area contributed by atoms with Gasteiger partial charge in [0, 0.05) is 12.1 Å². The van der Waals surface area contributed by atoms with E-state index in [4.69, 9.17) is 18.9 Å². The molecule has 154 valence electrons. The quantitative estimate of drug-likeness (QED) is 0.721. The van der Waals surface area contributed by atoms with Gasteiger partial charge in [-0.05, 0) is 30.4 Å². The molecule has 29 heavy (non-hydrogen) atoms. The highest BCUT2D eigenvalue weighted by Crippen LogP contribution is 2.35. The summed E-state index contributed by atoms with van der Waals surface area (Å²) in [7, 11) is 4.39. The Morgan fingerprint density at radius 2 is 1.69 bits per heavy atom. The van der Waals surface area contributed by atoms with E-state index in [1.807, 2.05) is 18.2 Å². The van der Waals surface area contributed by atoms with E-state index >= 15 is 0 Å². The highest BCUT2D eigenvalue weighted by atomic mass is 16.5. The van der Waals surface area contributed by atoms with Crippen molar-refractivity contribution in [2.24, 2.45) is 0 Å². The van der Waals surface area contributed by atoms with Gasteiger partial charge < -0.3 is 24.3 Å². The minimum absolute atomic E-state index is 0.0678. The number of hydrogen-bond acceptors (Lipinski definition) is 6. The Morgan fingerprint density at radius 1 is 1.00 bits per heavy atom. The zero-order valence-corrected chi connectivity index (χ0v) is 16.8. The van der Waals surface area contributed by atoms with Gasteiger partial charge in [-0.25, -0.2) is 4.79 Å². The number of nitrogens with one attached hydrogen (secondary N) is 1. The number of hydrogen-bond donors (Lipinski definition) is 1. The highest BCUT2D eigenvalue weighted by molar-refractivity contribution is 5.95. The molecule has 0 heterocycles. The van der Waals surface area contributed by atoms with E-state index in [1.165, 1.54) is 39.0 Å². The molecule has 7 heteroatoms. The SMILES string of the molecule is COc1cc(OC)c(C(=O)OCC(=O)N[C@@H]2CCCc3ccccc32)cc1OC. The zero-order valence-electron chi connectivity index (χ0n) is 16.8. The lowest BCUT2D eigenvalue weighted by molar-refractivity contribution is -0.125. The van der Waals surface area contributed by atoms with E-state index in [0.717, 1.165) is 24.8 Å². The van der Waals surface area contributed by atoms with Gasteiger partial charge in [-0.2, -0.15) is 0 Å². The molecule has 0 radical (unpaired) electrons. The Hall–Kier alpha value is -3.22. The zero-order chi connectivity index (χ0) is 20.8. The molecule has 0 unspecified atom stereocenters. The lowest BCUT2D eigenvalue weighted by Gasteiger charge is -2.26. The van der Waals surface area contributed by atoms with Gasteiger partial charge in [0.05, 0.1) is 27.4 Å². The third-order valence-electron chi connectivity index (χ3n) is 4.96. The topological polar surface area (TPSA) is 83.1 Å². The van der Waals surface area contributed by atoms with Crippen molar-refractivity contribution < 1.29 is 28.5 Å². The maximum atomic E-state index is 12.5. The summed E-state index contributed by atoms with van der Waals surface area (Å²) in [4.78, 5) is 24.9. The molecule has 0 fully saturated rings. The van der Waals surface area contributed by atoms with Crippen LogP contribution < -0.4 is 19.5 Å². The monoisotopic (exact) mass is 399 g/mol. The number of benzene rings is 2. The predicted molar refractivity (Wildman–Crippen MR) is 107 cm³/mol. The van der Waals surface area contributed by atoms with E-state index in [2.05, 4.69) is 11.4 Å². The van der Waals surface area contributed by atoms with Gasteiger partial charge in [-0.1, -0.05) is 24.3 Å². The minimum Gasteiger partial charge on any atom is -0.496 e. The third kappa shape index (κ3) is 4.62. The van der Waals surface area contributed by atoms with Gasteiger partial charge in [-0.15, -0.1) is 0 Å². The Labute approximate surface area is 169 Å². The second kappa shape index (κ2) is 9.32. The molecule has 0 saturated heterocycles. The molecule has 0 spiro atoms. The Kier molecular flexibility index (Phi) is 6.59. The lowest BCUT2D eigenvalue weighted by Crippen LogP contribution is -2.34. The molecular weight excluding hydrogens is 374 g/mol. The minimum atomic E-state index is -0.679. The van der Waals surface area contributed by atoms with Gasteiger partial charge >= 0.3 is 5.97 Å². The number of carbonyl (C=O) groups is 2. The number of fused-ring (bicyclic) bond motifs is 1. The number of carbonyl (C=O) groups excluding carboxylic acids is 2. The first kappa shape index (κ1) is 20.5. The molecule has 0 aliphatic heterocycles. The molecule has 1 aliphatic carbocycles. The number of ether oxygens (including phenoxy) is 4. The van der Waals surface area contributed by atoms with Crippen LogP contribution in [0.25, 0.3) is 0 Å². The third-order valence-corrected chi connectivity index (χ3v) is 4.96. The number of esters is 1. The fourth-order valence-corrected chi connectivity index (χ4v) is 3.54. The van der Waals surface area contributed by atoms with Gasteiger partial charge in [0.1, 0.15) is 11.3 Å². The Balaban J connectivity index is 1.65. The number of aryl methyl sites for hydroxylation is 1. The van der Waals surface area contributed by atoms with Crippen LogP contribution in [0, 0.1) is 0 Å². The van der Waals surface area contributed by atoms with Crippen molar-refractivity contribution in [1.29, 1.82) is 0 Å².